The average Bonchev–Trinajstić information content (AvgIpc) is 2.03. The van der Waals surface area contributed by atoms with Crippen LogP contribution in [-0.4, -0.2) is 29.6 Å². The van der Waals surface area contributed by atoms with Crippen LogP contribution in [0.4, 0.5) is 0 Å². The zero-order chi connectivity index (χ0) is 11.6. The van der Waals surface area contributed by atoms with Crippen LogP contribution in [0.5, 0.6) is 0 Å². The van der Waals surface area contributed by atoms with Gasteiger partial charge in [-0.15, -0.1) is 0 Å². The highest BCUT2D eigenvalue weighted by molar-refractivity contribution is 5.70. The first kappa shape index (κ1) is 15.3. The topological polar surface area (TPSA) is 129 Å². The first-order valence-electron chi connectivity index (χ1n) is 4.27. The first-order valence-corrected chi connectivity index (χ1v) is 4.27. The van der Waals surface area contributed by atoms with Crippen LogP contribution >= 0.6 is 0 Å². The zero-order valence-electron chi connectivity index (χ0n) is 8.23. The summed E-state index contributed by atoms with van der Waals surface area (Å²) in [6.45, 7) is 1.67. The Bertz CT molecular complexity index is 169. The van der Waals surface area contributed by atoms with Crippen LogP contribution in [0, 0.1) is 0 Å². The predicted molar refractivity (Wildman–Crippen MR) is 49.2 cm³/mol. The number of aliphatic carboxylic acids is 2. The van der Waals surface area contributed by atoms with Gasteiger partial charge in [0.25, 0.3) is 5.97 Å². The maximum Gasteiger partial charge on any atom is 0.300 e. The molecule has 6 heteroatoms. The van der Waals surface area contributed by atoms with Gasteiger partial charge in [-0.1, -0.05) is 6.42 Å². The maximum absolute atomic E-state index is 10.0. The highest BCUT2D eigenvalue weighted by Crippen LogP contribution is 1.95. The molecule has 0 spiro atoms. The Hall–Kier alpha value is -1.14. The number of carboxylic acid groups (broad SMARTS) is 2. The van der Waals surface area contributed by atoms with Crippen LogP contribution in [-0.2, 0) is 9.59 Å². The van der Waals surface area contributed by atoms with Crippen molar-refractivity contribution in [1.82, 2.24) is 0 Å². The molecular weight excluding hydrogens is 188 g/mol. The van der Waals surface area contributed by atoms with Crippen LogP contribution in [0.1, 0.15) is 26.2 Å². The van der Waals surface area contributed by atoms with E-state index >= 15 is 0 Å². The van der Waals surface area contributed by atoms with E-state index in [4.69, 9.17) is 21.4 Å². The predicted octanol–water partition coefficient (Wildman–Crippen LogP) is -1.72. The molecule has 0 amide bonds. The van der Waals surface area contributed by atoms with Gasteiger partial charge in [-0.3, -0.25) is 4.79 Å². The van der Waals surface area contributed by atoms with E-state index in [1.807, 2.05) is 0 Å². The number of unbranched alkanes of at least 4 members (excludes halogenated alkanes) is 1. The van der Waals surface area contributed by atoms with E-state index in [0.29, 0.717) is 13.0 Å². The summed E-state index contributed by atoms with van der Waals surface area (Å²) in [5.41, 5.74) is 10.3. The van der Waals surface area contributed by atoms with Gasteiger partial charge < -0.3 is 26.5 Å². The lowest BCUT2D eigenvalue weighted by Crippen LogP contribution is -2.41. The molecule has 5 N–H and O–H groups in total. The van der Waals surface area contributed by atoms with Gasteiger partial charge in [-0.2, -0.15) is 0 Å². The van der Waals surface area contributed by atoms with Gasteiger partial charge in [0.15, 0.2) is 0 Å². The van der Waals surface area contributed by atoms with Crippen molar-refractivity contribution in [3.63, 3.8) is 0 Å². The average molecular weight is 205 g/mol. The van der Waals surface area contributed by atoms with Crippen molar-refractivity contribution in [2.75, 3.05) is 6.54 Å². The van der Waals surface area contributed by atoms with Crippen molar-refractivity contribution in [3.8, 4) is 0 Å². The fraction of sp³-hybridized carbons (Fsp3) is 0.750. The fourth-order valence-corrected chi connectivity index (χ4v) is 0.626. The monoisotopic (exact) mass is 205 g/mol. The molecule has 14 heavy (non-hydrogen) atoms. The van der Waals surface area contributed by atoms with Crippen molar-refractivity contribution in [3.05, 3.63) is 0 Å². The van der Waals surface area contributed by atoms with Crippen LogP contribution in [0.15, 0.2) is 0 Å². The molecule has 0 heterocycles. The second kappa shape index (κ2) is 9.94. The number of carbonyl (C=O) groups excluding carboxylic acids is 1. The van der Waals surface area contributed by atoms with E-state index in [0.717, 1.165) is 19.8 Å². The van der Waals surface area contributed by atoms with Gasteiger partial charge in [0.2, 0.25) is 0 Å². The molecule has 0 aliphatic carbocycles. The van der Waals surface area contributed by atoms with E-state index in [2.05, 4.69) is 0 Å². The smallest absolute Gasteiger partial charge is 0.300 e. The minimum Gasteiger partial charge on any atom is -0.548 e. The highest BCUT2D eigenvalue weighted by atomic mass is 16.4. The number of rotatable bonds is 5. The van der Waals surface area contributed by atoms with Crippen LogP contribution in [0.25, 0.3) is 0 Å². The lowest BCUT2D eigenvalue weighted by molar-refractivity contribution is -0.307. The van der Waals surface area contributed by atoms with E-state index < -0.39 is 18.0 Å². The summed E-state index contributed by atoms with van der Waals surface area (Å²) in [5, 5.41) is 17.4. The number of hydrogen-bond donors (Lipinski definition) is 3. The summed E-state index contributed by atoms with van der Waals surface area (Å²) in [4.78, 5) is 19.0. The Labute approximate surface area is 82.9 Å². The third-order valence-corrected chi connectivity index (χ3v) is 1.27. The fourth-order valence-electron chi connectivity index (χ4n) is 0.626. The minimum absolute atomic E-state index is 0.458. The SMILES string of the molecule is CC(=O)O.NCCCC[C@H](N)C(=O)[O-]. The molecule has 0 aliphatic heterocycles. The molecule has 0 aliphatic rings. The molecule has 0 aromatic rings. The molecule has 0 aromatic carbocycles. The van der Waals surface area contributed by atoms with Gasteiger partial charge in [0, 0.05) is 13.0 Å². The highest BCUT2D eigenvalue weighted by Gasteiger charge is 2.00. The molecule has 0 bridgehead atoms. The largest absolute Gasteiger partial charge is 0.548 e. The molecule has 0 saturated heterocycles. The Morgan fingerprint density at radius 3 is 2.14 bits per heavy atom. The Balaban J connectivity index is 0. The van der Waals surface area contributed by atoms with Crippen LogP contribution in [0.2, 0.25) is 0 Å². The Kier molecular flexibility index (Phi) is 10.9. The van der Waals surface area contributed by atoms with Crippen LogP contribution in [0.3, 0.4) is 0 Å². The van der Waals surface area contributed by atoms with Gasteiger partial charge in [-0.05, 0) is 19.4 Å². The Morgan fingerprint density at radius 1 is 1.43 bits per heavy atom. The molecule has 0 radical (unpaired) electrons. The van der Waals surface area contributed by atoms with Crippen LogP contribution < -0.4 is 16.6 Å². The number of nitrogens with two attached hydrogens (primary N) is 2. The van der Waals surface area contributed by atoms with Crippen molar-refractivity contribution in [2.45, 2.75) is 32.2 Å². The lowest BCUT2D eigenvalue weighted by Gasteiger charge is -2.10. The molecule has 0 unspecified atom stereocenters. The minimum atomic E-state index is -1.18. The summed E-state index contributed by atoms with van der Waals surface area (Å²) >= 11 is 0. The van der Waals surface area contributed by atoms with Gasteiger partial charge in [0.1, 0.15) is 0 Å². The normalized spacial score (nSPS) is 11.1. The van der Waals surface area contributed by atoms with E-state index in [9.17, 15) is 9.90 Å². The third-order valence-electron chi connectivity index (χ3n) is 1.27. The van der Waals surface area contributed by atoms with E-state index in [1.54, 1.807) is 0 Å². The van der Waals surface area contributed by atoms with Crippen molar-refractivity contribution in [1.29, 1.82) is 0 Å². The molecule has 0 saturated carbocycles. The first-order chi connectivity index (χ1) is 6.41. The summed E-state index contributed by atoms with van der Waals surface area (Å²) in [7, 11) is 0. The summed E-state index contributed by atoms with van der Waals surface area (Å²) in [6, 6.07) is -0.827. The molecule has 84 valence electrons. The molecule has 0 aromatic heterocycles. The van der Waals surface area contributed by atoms with E-state index in [1.165, 1.54) is 0 Å². The zero-order valence-corrected chi connectivity index (χ0v) is 8.23. The lowest BCUT2D eigenvalue weighted by atomic mass is 10.1. The number of carboxylic acids is 2. The quantitative estimate of drug-likeness (QED) is 0.458. The molecule has 0 fully saturated rings. The van der Waals surface area contributed by atoms with Crippen molar-refractivity contribution in [2.24, 2.45) is 11.5 Å². The van der Waals surface area contributed by atoms with Gasteiger partial charge in [0.05, 0.1) is 5.97 Å². The van der Waals surface area contributed by atoms with Crippen molar-refractivity contribution >= 4 is 11.9 Å². The molecular formula is C8H17N2O4-. The summed E-state index contributed by atoms with van der Waals surface area (Å²) in [6.07, 6.45) is 2.03. The van der Waals surface area contributed by atoms with E-state index in [-0.39, 0.29) is 0 Å². The van der Waals surface area contributed by atoms with Gasteiger partial charge >= 0.3 is 0 Å². The molecule has 1 atom stereocenters. The summed E-state index contributed by atoms with van der Waals surface area (Å²) in [5.74, 6) is -2.02. The maximum atomic E-state index is 10.0. The third kappa shape index (κ3) is 17.1. The molecule has 6 nitrogen and oxygen atoms in total. The van der Waals surface area contributed by atoms with Gasteiger partial charge in [-0.25, -0.2) is 0 Å². The Morgan fingerprint density at radius 2 is 1.86 bits per heavy atom. The number of carbonyl (C=O) groups is 2. The molecule has 0 rings (SSSR count). The standard InChI is InChI=1S/C6H14N2O2.C2H4O2/c7-4-2-1-3-5(8)6(9)10;1-2(3)4/h5H,1-4,7-8H2,(H,9,10);1H3,(H,3,4)/p-1/t5-;/m0./s1. The number of hydrogen-bond acceptors (Lipinski definition) is 5. The van der Waals surface area contributed by atoms with Crippen molar-refractivity contribution < 1.29 is 19.8 Å². The second-order valence-corrected chi connectivity index (χ2v) is 2.73. The second-order valence-electron chi connectivity index (χ2n) is 2.73. The summed E-state index contributed by atoms with van der Waals surface area (Å²) < 4.78 is 0.